The van der Waals surface area contributed by atoms with Crippen LogP contribution in [0, 0.1) is 6.92 Å². The number of aryl methyl sites for hydroxylation is 1. The van der Waals surface area contributed by atoms with Crippen molar-refractivity contribution in [3.8, 4) is 0 Å². The summed E-state index contributed by atoms with van der Waals surface area (Å²) >= 11 is 0. The summed E-state index contributed by atoms with van der Waals surface area (Å²) in [6.45, 7) is 1.98. The average molecular weight is 174 g/mol. The van der Waals surface area contributed by atoms with E-state index >= 15 is 0 Å². The zero-order chi connectivity index (χ0) is 9.26. The van der Waals surface area contributed by atoms with Gasteiger partial charge in [-0.15, -0.1) is 0 Å². The molecule has 4 nitrogen and oxygen atoms in total. The van der Waals surface area contributed by atoms with Crippen LogP contribution in [0.5, 0.6) is 0 Å². The smallest absolute Gasteiger partial charge is 0.0917 e. The van der Waals surface area contributed by atoms with Gasteiger partial charge in [0.05, 0.1) is 16.7 Å². The summed E-state index contributed by atoms with van der Waals surface area (Å²) in [5.41, 5.74) is 6.29. The van der Waals surface area contributed by atoms with Crippen LogP contribution in [0.1, 0.15) is 5.56 Å². The Morgan fingerprint density at radius 3 is 2.77 bits per heavy atom. The molecular formula is C9H10N4. The van der Waals surface area contributed by atoms with E-state index in [0.29, 0.717) is 0 Å². The highest BCUT2D eigenvalue weighted by atomic mass is 15.2. The minimum atomic E-state index is 0.852. The molecule has 1 aromatic carbocycles. The van der Waals surface area contributed by atoms with Gasteiger partial charge in [0, 0.05) is 12.4 Å². The van der Waals surface area contributed by atoms with Gasteiger partial charge in [0.2, 0.25) is 0 Å². The van der Waals surface area contributed by atoms with Crippen molar-refractivity contribution < 1.29 is 0 Å². The van der Waals surface area contributed by atoms with Gasteiger partial charge in [-0.25, -0.2) is 0 Å². The van der Waals surface area contributed by atoms with Gasteiger partial charge in [-0.2, -0.15) is 0 Å². The Kier molecular flexibility index (Phi) is 1.83. The first kappa shape index (κ1) is 7.94. The van der Waals surface area contributed by atoms with Crippen molar-refractivity contribution >= 4 is 16.7 Å². The normalized spacial score (nSPS) is 10.3. The summed E-state index contributed by atoms with van der Waals surface area (Å²) in [6, 6.07) is 3.81. The molecule has 0 atom stereocenters. The molecule has 0 saturated heterocycles. The summed E-state index contributed by atoms with van der Waals surface area (Å²) < 4.78 is 0. The number of rotatable bonds is 1. The first-order valence-electron chi connectivity index (χ1n) is 3.99. The van der Waals surface area contributed by atoms with Crippen molar-refractivity contribution in [2.45, 2.75) is 6.92 Å². The Morgan fingerprint density at radius 1 is 1.23 bits per heavy atom. The van der Waals surface area contributed by atoms with E-state index in [0.717, 1.165) is 22.3 Å². The lowest BCUT2D eigenvalue weighted by Gasteiger charge is -2.04. The van der Waals surface area contributed by atoms with E-state index in [2.05, 4.69) is 15.4 Å². The Bertz CT molecular complexity index is 439. The van der Waals surface area contributed by atoms with Gasteiger partial charge in [0.25, 0.3) is 0 Å². The fourth-order valence-corrected chi connectivity index (χ4v) is 1.33. The van der Waals surface area contributed by atoms with E-state index in [4.69, 9.17) is 5.84 Å². The van der Waals surface area contributed by atoms with Crippen LogP contribution in [0.3, 0.4) is 0 Å². The first-order valence-corrected chi connectivity index (χ1v) is 3.99. The monoisotopic (exact) mass is 174 g/mol. The van der Waals surface area contributed by atoms with Gasteiger partial charge in [-0.1, -0.05) is 0 Å². The van der Waals surface area contributed by atoms with Crippen molar-refractivity contribution in [3.05, 3.63) is 30.1 Å². The van der Waals surface area contributed by atoms with Gasteiger partial charge in [0.15, 0.2) is 0 Å². The summed E-state index contributed by atoms with van der Waals surface area (Å²) in [7, 11) is 0. The number of aromatic nitrogens is 2. The summed E-state index contributed by atoms with van der Waals surface area (Å²) in [5.74, 6) is 5.31. The second kappa shape index (κ2) is 2.99. The van der Waals surface area contributed by atoms with E-state index < -0.39 is 0 Å². The van der Waals surface area contributed by atoms with Gasteiger partial charge < -0.3 is 5.43 Å². The number of nitrogen functional groups attached to an aromatic ring is 1. The van der Waals surface area contributed by atoms with Gasteiger partial charge >= 0.3 is 0 Å². The molecule has 0 bridgehead atoms. The number of fused-ring (bicyclic) bond motifs is 1. The van der Waals surface area contributed by atoms with E-state index in [1.54, 1.807) is 12.4 Å². The Labute approximate surface area is 75.8 Å². The SMILES string of the molecule is Cc1cc(NN)cc2nccnc12. The lowest BCUT2D eigenvalue weighted by molar-refractivity contribution is 1.26. The van der Waals surface area contributed by atoms with E-state index in [9.17, 15) is 0 Å². The fourth-order valence-electron chi connectivity index (χ4n) is 1.33. The molecule has 3 N–H and O–H groups in total. The minimum absolute atomic E-state index is 0.852. The topological polar surface area (TPSA) is 63.8 Å². The van der Waals surface area contributed by atoms with Crippen molar-refractivity contribution in [1.82, 2.24) is 9.97 Å². The lowest BCUT2D eigenvalue weighted by Crippen LogP contribution is -2.06. The van der Waals surface area contributed by atoms with Crippen molar-refractivity contribution in [2.75, 3.05) is 5.43 Å². The quantitative estimate of drug-likeness (QED) is 0.504. The van der Waals surface area contributed by atoms with Crippen molar-refractivity contribution in [1.29, 1.82) is 0 Å². The van der Waals surface area contributed by atoms with E-state index in [1.165, 1.54) is 0 Å². The Morgan fingerprint density at radius 2 is 2.00 bits per heavy atom. The number of nitrogens with two attached hydrogens (primary N) is 1. The number of nitrogens with zero attached hydrogens (tertiary/aromatic N) is 2. The number of hydrazine groups is 1. The predicted octanol–water partition coefficient (Wildman–Crippen LogP) is 1.22. The first-order chi connectivity index (χ1) is 6.31. The van der Waals surface area contributed by atoms with Crippen LogP contribution in [0.2, 0.25) is 0 Å². The number of benzene rings is 1. The molecule has 0 radical (unpaired) electrons. The molecule has 13 heavy (non-hydrogen) atoms. The molecule has 0 saturated carbocycles. The standard InChI is InChI=1S/C9H10N4/c1-6-4-7(13-10)5-8-9(6)12-3-2-11-8/h2-5,13H,10H2,1H3. The maximum absolute atomic E-state index is 5.31. The zero-order valence-corrected chi connectivity index (χ0v) is 7.28. The molecular weight excluding hydrogens is 164 g/mol. The molecule has 0 amide bonds. The highest BCUT2D eigenvalue weighted by Crippen LogP contribution is 2.18. The Balaban J connectivity index is 2.77. The van der Waals surface area contributed by atoms with Crippen molar-refractivity contribution in [2.24, 2.45) is 5.84 Å². The van der Waals surface area contributed by atoms with Gasteiger partial charge in [-0.05, 0) is 24.6 Å². The van der Waals surface area contributed by atoms with Crippen LogP contribution in [-0.4, -0.2) is 9.97 Å². The highest BCUT2D eigenvalue weighted by molar-refractivity contribution is 5.81. The van der Waals surface area contributed by atoms with Crippen LogP contribution in [-0.2, 0) is 0 Å². The summed E-state index contributed by atoms with van der Waals surface area (Å²) in [5, 5.41) is 0. The number of hydrogen-bond donors (Lipinski definition) is 2. The maximum Gasteiger partial charge on any atom is 0.0917 e. The van der Waals surface area contributed by atoms with Crippen LogP contribution >= 0.6 is 0 Å². The minimum Gasteiger partial charge on any atom is -0.324 e. The molecule has 1 aromatic heterocycles. The van der Waals surface area contributed by atoms with E-state index in [-0.39, 0.29) is 0 Å². The number of nitrogens with one attached hydrogen (secondary N) is 1. The molecule has 2 rings (SSSR count). The summed E-state index contributed by atoms with van der Waals surface area (Å²) in [4.78, 5) is 8.42. The molecule has 2 aromatic rings. The second-order valence-electron chi connectivity index (χ2n) is 2.86. The van der Waals surface area contributed by atoms with Crippen LogP contribution in [0.25, 0.3) is 11.0 Å². The third-order valence-electron chi connectivity index (χ3n) is 1.93. The molecule has 0 fully saturated rings. The molecule has 66 valence electrons. The third kappa shape index (κ3) is 1.31. The molecule has 0 aliphatic heterocycles. The molecule has 0 aliphatic rings. The predicted molar refractivity (Wildman–Crippen MR) is 52.1 cm³/mol. The third-order valence-corrected chi connectivity index (χ3v) is 1.93. The molecule has 4 heteroatoms. The molecule has 0 unspecified atom stereocenters. The largest absolute Gasteiger partial charge is 0.324 e. The fraction of sp³-hybridized carbons (Fsp3) is 0.111. The highest BCUT2D eigenvalue weighted by Gasteiger charge is 2.00. The maximum atomic E-state index is 5.31. The number of anilines is 1. The van der Waals surface area contributed by atoms with Crippen LogP contribution in [0.4, 0.5) is 5.69 Å². The van der Waals surface area contributed by atoms with E-state index in [1.807, 2.05) is 19.1 Å². The van der Waals surface area contributed by atoms with Crippen molar-refractivity contribution in [3.63, 3.8) is 0 Å². The molecule has 0 aliphatic carbocycles. The lowest BCUT2D eigenvalue weighted by atomic mass is 10.2. The van der Waals surface area contributed by atoms with Crippen LogP contribution in [0.15, 0.2) is 24.5 Å². The molecule has 1 heterocycles. The van der Waals surface area contributed by atoms with Gasteiger partial charge in [-0.3, -0.25) is 15.8 Å². The Hall–Kier alpha value is -1.68. The zero-order valence-electron chi connectivity index (χ0n) is 7.28. The second-order valence-corrected chi connectivity index (χ2v) is 2.86. The van der Waals surface area contributed by atoms with Gasteiger partial charge in [0.1, 0.15) is 0 Å². The molecule has 0 spiro atoms. The number of hydrogen-bond acceptors (Lipinski definition) is 4. The van der Waals surface area contributed by atoms with Crippen LogP contribution < -0.4 is 11.3 Å². The average Bonchev–Trinajstić information content (AvgIpc) is 2.18. The summed E-state index contributed by atoms with van der Waals surface area (Å²) in [6.07, 6.45) is 3.35.